The van der Waals surface area contributed by atoms with E-state index in [9.17, 15) is 9.90 Å². The van der Waals surface area contributed by atoms with Crippen LogP contribution in [0.4, 0.5) is 11.5 Å². The van der Waals surface area contributed by atoms with E-state index in [1.54, 1.807) is 25.3 Å². The molecule has 0 fully saturated rings. The molecule has 0 amide bonds. The van der Waals surface area contributed by atoms with E-state index in [2.05, 4.69) is 20.3 Å². The minimum Gasteiger partial charge on any atom is -0.497 e. The third-order valence-electron chi connectivity index (χ3n) is 3.99. The summed E-state index contributed by atoms with van der Waals surface area (Å²) in [5.41, 5.74) is 2.50. The maximum absolute atomic E-state index is 11.3. The first-order chi connectivity index (χ1) is 12.2. The number of anilines is 2. The lowest BCUT2D eigenvalue weighted by Gasteiger charge is -2.07. The molecule has 0 spiro atoms. The molecular weight excluding hydrogens is 320 g/mol. The molecule has 2 heterocycles. The minimum atomic E-state index is -0.974. The summed E-state index contributed by atoms with van der Waals surface area (Å²) in [7, 11) is 1.61. The average Bonchev–Trinajstić information content (AvgIpc) is 3.01. The Kier molecular flexibility index (Phi) is 3.46. The number of methoxy groups -OCH3 is 1. The summed E-state index contributed by atoms with van der Waals surface area (Å²) in [6.45, 7) is 0. The molecule has 0 saturated carbocycles. The summed E-state index contributed by atoms with van der Waals surface area (Å²) in [4.78, 5) is 23.0. The van der Waals surface area contributed by atoms with Crippen molar-refractivity contribution in [1.29, 1.82) is 0 Å². The molecule has 25 heavy (non-hydrogen) atoms. The number of nitrogens with zero attached hydrogens (tertiary/aromatic N) is 2. The number of hydrogen-bond donors (Lipinski definition) is 3. The number of rotatable bonds is 4. The molecule has 2 aromatic carbocycles. The highest BCUT2D eigenvalue weighted by molar-refractivity contribution is 6.13. The summed E-state index contributed by atoms with van der Waals surface area (Å²) in [6, 6.07) is 12.4. The van der Waals surface area contributed by atoms with E-state index in [0.717, 1.165) is 27.7 Å². The smallest absolute Gasteiger partial charge is 0.335 e. The van der Waals surface area contributed by atoms with Crippen molar-refractivity contribution in [2.45, 2.75) is 0 Å². The number of aromatic amines is 1. The molecule has 0 unspecified atom stereocenters. The third-order valence-corrected chi connectivity index (χ3v) is 3.99. The molecule has 4 aromatic rings. The van der Waals surface area contributed by atoms with Crippen molar-refractivity contribution in [3.63, 3.8) is 0 Å². The van der Waals surface area contributed by atoms with Crippen LogP contribution in [0.5, 0.6) is 5.75 Å². The van der Waals surface area contributed by atoms with Crippen LogP contribution in [-0.2, 0) is 0 Å². The van der Waals surface area contributed by atoms with Gasteiger partial charge in [-0.1, -0.05) is 0 Å². The molecule has 7 heteroatoms. The average molecular weight is 334 g/mol. The lowest BCUT2D eigenvalue weighted by Crippen LogP contribution is -1.96. The molecule has 124 valence electrons. The molecule has 0 atom stereocenters. The van der Waals surface area contributed by atoms with Crippen molar-refractivity contribution in [1.82, 2.24) is 15.0 Å². The third kappa shape index (κ3) is 2.61. The molecule has 0 aliphatic heterocycles. The van der Waals surface area contributed by atoms with Crippen molar-refractivity contribution in [2.75, 3.05) is 12.4 Å². The Morgan fingerprint density at radius 1 is 1.16 bits per heavy atom. The second-order valence-corrected chi connectivity index (χ2v) is 5.49. The number of fused-ring (bicyclic) bond motifs is 3. The van der Waals surface area contributed by atoms with E-state index in [1.807, 2.05) is 24.3 Å². The Labute approximate surface area is 142 Å². The fourth-order valence-corrected chi connectivity index (χ4v) is 2.76. The van der Waals surface area contributed by atoms with Crippen LogP contribution >= 0.6 is 0 Å². The van der Waals surface area contributed by atoms with Crippen LogP contribution in [0.15, 0.2) is 48.8 Å². The van der Waals surface area contributed by atoms with Gasteiger partial charge in [0.2, 0.25) is 0 Å². The van der Waals surface area contributed by atoms with Crippen LogP contribution in [0.3, 0.4) is 0 Å². The van der Waals surface area contributed by atoms with E-state index in [0.29, 0.717) is 11.5 Å². The number of H-pyrrole nitrogens is 1. The first-order valence-electron chi connectivity index (χ1n) is 7.56. The predicted molar refractivity (Wildman–Crippen MR) is 94.6 cm³/mol. The first kappa shape index (κ1) is 14.9. The lowest BCUT2D eigenvalue weighted by atomic mass is 10.1. The van der Waals surface area contributed by atoms with Gasteiger partial charge in [0.1, 0.15) is 23.5 Å². The maximum Gasteiger partial charge on any atom is 0.335 e. The highest BCUT2D eigenvalue weighted by Gasteiger charge is 2.13. The number of carboxylic acids is 1. The lowest BCUT2D eigenvalue weighted by molar-refractivity contribution is 0.0697. The van der Waals surface area contributed by atoms with Crippen molar-refractivity contribution in [3.05, 3.63) is 54.4 Å². The van der Waals surface area contributed by atoms with Crippen LogP contribution in [0, 0.1) is 0 Å². The van der Waals surface area contributed by atoms with Gasteiger partial charge in [0.25, 0.3) is 0 Å². The van der Waals surface area contributed by atoms with Crippen molar-refractivity contribution < 1.29 is 14.6 Å². The molecule has 0 aliphatic rings. The molecule has 0 aliphatic carbocycles. The van der Waals surface area contributed by atoms with Gasteiger partial charge in [0, 0.05) is 16.6 Å². The number of hydrogen-bond acceptors (Lipinski definition) is 5. The Balaban J connectivity index is 1.86. The van der Waals surface area contributed by atoms with E-state index in [-0.39, 0.29) is 5.56 Å². The van der Waals surface area contributed by atoms with E-state index in [4.69, 9.17) is 4.74 Å². The van der Waals surface area contributed by atoms with Crippen LogP contribution in [0.25, 0.3) is 21.9 Å². The quantitative estimate of drug-likeness (QED) is 0.527. The highest BCUT2D eigenvalue weighted by Crippen LogP contribution is 2.31. The van der Waals surface area contributed by atoms with Crippen LogP contribution < -0.4 is 10.1 Å². The van der Waals surface area contributed by atoms with E-state index >= 15 is 0 Å². The molecule has 2 aromatic heterocycles. The number of nitrogens with one attached hydrogen (secondary N) is 2. The van der Waals surface area contributed by atoms with Gasteiger partial charge in [0.15, 0.2) is 0 Å². The van der Waals surface area contributed by atoms with Crippen LogP contribution in [0.2, 0.25) is 0 Å². The summed E-state index contributed by atoms with van der Waals surface area (Å²) >= 11 is 0. The number of benzene rings is 2. The summed E-state index contributed by atoms with van der Waals surface area (Å²) < 4.78 is 5.16. The number of aromatic carboxylic acids is 1. The maximum atomic E-state index is 11.3. The molecule has 0 bridgehead atoms. The number of aromatic nitrogens is 3. The second kappa shape index (κ2) is 5.79. The second-order valence-electron chi connectivity index (χ2n) is 5.49. The minimum absolute atomic E-state index is 0.215. The monoisotopic (exact) mass is 334 g/mol. The van der Waals surface area contributed by atoms with Gasteiger partial charge in [-0.15, -0.1) is 0 Å². The predicted octanol–water partition coefficient (Wildman–Crippen LogP) is 3.56. The van der Waals surface area contributed by atoms with Crippen molar-refractivity contribution in [3.8, 4) is 5.75 Å². The van der Waals surface area contributed by atoms with Gasteiger partial charge in [-0.25, -0.2) is 14.8 Å². The van der Waals surface area contributed by atoms with Gasteiger partial charge in [-0.05, 0) is 42.5 Å². The van der Waals surface area contributed by atoms with Gasteiger partial charge in [0.05, 0.1) is 18.1 Å². The zero-order valence-corrected chi connectivity index (χ0v) is 13.3. The molecule has 0 radical (unpaired) electrons. The fraction of sp³-hybridized carbons (Fsp3) is 0.0556. The molecule has 7 nitrogen and oxygen atoms in total. The standard InChI is InChI=1S/C18H14N4O3/c1-25-12-5-3-11(4-6-12)21-16-15-13-8-10(18(23)24)2-7-14(13)22-17(15)20-9-19-16/h2-9H,1H3,(H,23,24)(H2,19,20,21,22). The molecule has 0 saturated heterocycles. The van der Waals surface area contributed by atoms with Gasteiger partial charge < -0.3 is 20.1 Å². The summed E-state index contributed by atoms with van der Waals surface area (Å²) in [5, 5.41) is 14.0. The van der Waals surface area contributed by atoms with Gasteiger partial charge >= 0.3 is 5.97 Å². The van der Waals surface area contributed by atoms with Gasteiger partial charge in [-0.2, -0.15) is 0 Å². The highest BCUT2D eigenvalue weighted by atomic mass is 16.5. The summed E-state index contributed by atoms with van der Waals surface area (Å²) in [6.07, 6.45) is 1.46. The largest absolute Gasteiger partial charge is 0.497 e. The zero-order chi connectivity index (χ0) is 17.4. The number of carbonyl (C=O) groups is 1. The number of carboxylic acid groups (broad SMARTS) is 1. The molecule has 4 rings (SSSR count). The first-order valence-corrected chi connectivity index (χ1v) is 7.56. The van der Waals surface area contributed by atoms with Crippen LogP contribution in [0.1, 0.15) is 10.4 Å². The SMILES string of the molecule is COc1ccc(Nc2ncnc3[nH]c4ccc(C(=O)O)cc4c23)cc1. The van der Waals surface area contributed by atoms with Crippen LogP contribution in [-0.4, -0.2) is 33.1 Å². The van der Waals surface area contributed by atoms with E-state index in [1.165, 1.54) is 6.33 Å². The fourth-order valence-electron chi connectivity index (χ4n) is 2.76. The van der Waals surface area contributed by atoms with Gasteiger partial charge in [-0.3, -0.25) is 0 Å². The molecule has 3 N–H and O–H groups in total. The topological polar surface area (TPSA) is 100 Å². The van der Waals surface area contributed by atoms with E-state index < -0.39 is 5.97 Å². The van der Waals surface area contributed by atoms with Crippen molar-refractivity contribution >= 4 is 39.4 Å². The van der Waals surface area contributed by atoms with Crippen molar-refractivity contribution in [2.24, 2.45) is 0 Å². The zero-order valence-electron chi connectivity index (χ0n) is 13.3. The molecular formula is C18H14N4O3. The Morgan fingerprint density at radius 3 is 2.68 bits per heavy atom. The Morgan fingerprint density at radius 2 is 1.96 bits per heavy atom. The Hall–Kier alpha value is -3.61. The Bertz CT molecular complexity index is 1090. The number of ether oxygens (including phenoxy) is 1. The normalized spacial score (nSPS) is 10.9. The summed E-state index contributed by atoms with van der Waals surface area (Å²) in [5.74, 6) is 0.387.